The van der Waals surface area contributed by atoms with Crippen LogP contribution >= 0.6 is 11.8 Å². The molecule has 3 nitrogen and oxygen atoms in total. The summed E-state index contributed by atoms with van der Waals surface area (Å²) in [6.45, 7) is 4.33. The predicted molar refractivity (Wildman–Crippen MR) is 65.4 cm³/mol. The predicted octanol–water partition coefficient (Wildman–Crippen LogP) is 2.42. The minimum absolute atomic E-state index is 0.159. The lowest BCUT2D eigenvalue weighted by Crippen LogP contribution is -2.13. The van der Waals surface area contributed by atoms with Crippen LogP contribution in [0.15, 0.2) is 29.4 Å². The van der Waals surface area contributed by atoms with E-state index in [0.29, 0.717) is 5.25 Å². The lowest BCUT2D eigenvalue weighted by Gasteiger charge is -2.06. The van der Waals surface area contributed by atoms with E-state index in [1.807, 2.05) is 36.0 Å². The van der Waals surface area contributed by atoms with Crippen molar-refractivity contribution < 1.29 is 5.21 Å². The smallest absolute Gasteiger partial charge is 0.170 e. The lowest BCUT2D eigenvalue weighted by molar-refractivity contribution is 0.318. The molecule has 82 valence electrons. The number of thioether (sulfide) groups is 1. The summed E-state index contributed by atoms with van der Waals surface area (Å²) < 4.78 is 0. The molecule has 0 aromatic heterocycles. The first-order chi connectivity index (χ1) is 7.13. The van der Waals surface area contributed by atoms with E-state index in [9.17, 15) is 0 Å². The summed E-state index contributed by atoms with van der Waals surface area (Å²) in [4.78, 5) is 0. The number of hydrogen-bond acceptors (Lipinski definition) is 3. The van der Waals surface area contributed by atoms with E-state index in [4.69, 9.17) is 10.9 Å². The number of nitrogens with zero attached hydrogens (tertiary/aromatic N) is 1. The van der Waals surface area contributed by atoms with Gasteiger partial charge in [-0.15, -0.1) is 0 Å². The Morgan fingerprint density at radius 3 is 2.87 bits per heavy atom. The van der Waals surface area contributed by atoms with Gasteiger partial charge >= 0.3 is 0 Å². The Labute approximate surface area is 94.4 Å². The molecule has 0 atom stereocenters. The van der Waals surface area contributed by atoms with Crippen LogP contribution in [0, 0.1) is 0 Å². The number of oxime groups is 1. The molecule has 0 fully saturated rings. The molecule has 0 bridgehead atoms. The van der Waals surface area contributed by atoms with Crippen molar-refractivity contribution in [3.05, 3.63) is 35.4 Å². The van der Waals surface area contributed by atoms with Gasteiger partial charge < -0.3 is 10.9 Å². The highest BCUT2D eigenvalue weighted by Gasteiger charge is 2.01. The van der Waals surface area contributed by atoms with E-state index < -0.39 is 0 Å². The second-order valence-electron chi connectivity index (χ2n) is 3.55. The molecule has 0 aliphatic carbocycles. The Balaban J connectivity index is 2.74. The van der Waals surface area contributed by atoms with E-state index in [1.165, 1.54) is 5.56 Å². The van der Waals surface area contributed by atoms with Gasteiger partial charge in [-0.25, -0.2) is 0 Å². The van der Waals surface area contributed by atoms with Crippen LogP contribution in [0.4, 0.5) is 0 Å². The zero-order chi connectivity index (χ0) is 11.3. The maximum atomic E-state index is 8.55. The highest BCUT2D eigenvalue weighted by atomic mass is 32.2. The van der Waals surface area contributed by atoms with E-state index >= 15 is 0 Å². The van der Waals surface area contributed by atoms with Crippen LogP contribution in [-0.4, -0.2) is 16.3 Å². The van der Waals surface area contributed by atoms with Crippen LogP contribution in [0.1, 0.15) is 25.0 Å². The SMILES string of the molecule is CC(C)SCc1cccc(/C(N)=N/O)c1. The number of nitrogens with two attached hydrogens (primary N) is 1. The van der Waals surface area contributed by atoms with Gasteiger partial charge in [0.05, 0.1) is 0 Å². The topological polar surface area (TPSA) is 58.6 Å². The number of hydrogen-bond donors (Lipinski definition) is 2. The zero-order valence-electron chi connectivity index (χ0n) is 8.97. The van der Waals surface area contributed by atoms with Gasteiger partial charge in [0, 0.05) is 11.3 Å². The third-order valence-electron chi connectivity index (χ3n) is 1.91. The molecule has 1 aromatic rings. The molecule has 3 N–H and O–H groups in total. The van der Waals surface area contributed by atoms with Gasteiger partial charge in [-0.3, -0.25) is 0 Å². The van der Waals surface area contributed by atoms with Crippen LogP contribution in [-0.2, 0) is 5.75 Å². The largest absolute Gasteiger partial charge is 0.409 e. The Morgan fingerprint density at radius 1 is 1.53 bits per heavy atom. The molecule has 0 saturated carbocycles. The first-order valence-electron chi connectivity index (χ1n) is 4.82. The van der Waals surface area contributed by atoms with Crippen LogP contribution in [0.5, 0.6) is 0 Å². The van der Waals surface area contributed by atoms with Crippen molar-refractivity contribution in [2.24, 2.45) is 10.9 Å². The zero-order valence-corrected chi connectivity index (χ0v) is 9.79. The van der Waals surface area contributed by atoms with Crippen molar-refractivity contribution in [2.75, 3.05) is 0 Å². The Kier molecular flexibility index (Phi) is 4.49. The summed E-state index contributed by atoms with van der Waals surface area (Å²) in [7, 11) is 0. The van der Waals surface area contributed by atoms with E-state index in [0.717, 1.165) is 11.3 Å². The number of benzene rings is 1. The van der Waals surface area contributed by atoms with Gasteiger partial charge in [0.25, 0.3) is 0 Å². The van der Waals surface area contributed by atoms with Gasteiger partial charge in [-0.2, -0.15) is 11.8 Å². The summed E-state index contributed by atoms with van der Waals surface area (Å²) in [5.41, 5.74) is 7.47. The normalized spacial score (nSPS) is 12.1. The molecular formula is C11H16N2OS. The summed E-state index contributed by atoms with van der Waals surface area (Å²) in [5, 5.41) is 12.1. The minimum atomic E-state index is 0.159. The molecule has 0 spiro atoms. The fourth-order valence-electron chi connectivity index (χ4n) is 1.14. The summed E-state index contributed by atoms with van der Waals surface area (Å²) in [6, 6.07) is 7.75. The maximum Gasteiger partial charge on any atom is 0.170 e. The first kappa shape index (κ1) is 11.9. The fraction of sp³-hybridized carbons (Fsp3) is 0.364. The highest BCUT2D eigenvalue weighted by Crippen LogP contribution is 2.17. The lowest BCUT2D eigenvalue weighted by atomic mass is 10.1. The van der Waals surface area contributed by atoms with E-state index in [-0.39, 0.29) is 5.84 Å². The van der Waals surface area contributed by atoms with Crippen molar-refractivity contribution in [1.29, 1.82) is 0 Å². The summed E-state index contributed by atoms with van der Waals surface area (Å²) in [6.07, 6.45) is 0. The van der Waals surface area contributed by atoms with Crippen molar-refractivity contribution in [3.8, 4) is 0 Å². The summed E-state index contributed by atoms with van der Waals surface area (Å²) >= 11 is 1.87. The molecule has 1 rings (SSSR count). The molecule has 0 aliphatic rings. The van der Waals surface area contributed by atoms with Crippen molar-refractivity contribution in [1.82, 2.24) is 0 Å². The van der Waals surface area contributed by atoms with Gasteiger partial charge in [0.1, 0.15) is 0 Å². The second kappa shape index (κ2) is 5.66. The molecule has 4 heteroatoms. The Morgan fingerprint density at radius 2 is 2.27 bits per heavy atom. The third-order valence-corrected chi connectivity index (χ3v) is 3.08. The second-order valence-corrected chi connectivity index (χ2v) is 5.11. The molecular weight excluding hydrogens is 208 g/mol. The van der Waals surface area contributed by atoms with Crippen LogP contribution in [0.2, 0.25) is 0 Å². The quantitative estimate of drug-likeness (QED) is 0.357. The molecule has 0 heterocycles. The number of amidine groups is 1. The minimum Gasteiger partial charge on any atom is -0.409 e. The summed E-state index contributed by atoms with van der Waals surface area (Å²) in [5.74, 6) is 1.11. The Bertz CT molecular complexity index is 350. The highest BCUT2D eigenvalue weighted by molar-refractivity contribution is 7.99. The first-order valence-corrected chi connectivity index (χ1v) is 5.87. The molecule has 15 heavy (non-hydrogen) atoms. The molecule has 0 unspecified atom stereocenters. The average Bonchev–Trinajstić information content (AvgIpc) is 2.25. The van der Waals surface area contributed by atoms with Gasteiger partial charge in [0.2, 0.25) is 0 Å². The number of rotatable bonds is 4. The monoisotopic (exact) mass is 224 g/mol. The molecule has 0 aliphatic heterocycles. The third kappa shape index (κ3) is 3.83. The van der Waals surface area contributed by atoms with E-state index in [2.05, 4.69) is 19.0 Å². The van der Waals surface area contributed by atoms with Crippen molar-refractivity contribution in [3.63, 3.8) is 0 Å². The van der Waals surface area contributed by atoms with Crippen molar-refractivity contribution >= 4 is 17.6 Å². The molecule has 1 aromatic carbocycles. The Hall–Kier alpha value is -1.16. The average molecular weight is 224 g/mol. The van der Waals surface area contributed by atoms with Crippen LogP contribution in [0.3, 0.4) is 0 Å². The van der Waals surface area contributed by atoms with E-state index in [1.54, 1.807) is 0 Å². The van der Waals surface area contributed by atoms with Crippen molar-refractivity contribution in [2.45, 2.75) is 24.9 Å². The maximum absolute atomic E-state index is 8.55. The van der Waals surface area contributed by atoms with Gasteiger partial charge in [-0.05, 0) is 16.9 Å². The molecule has 0 saturated heterocycles. The van der Waals surface area contributed by atoms with Crippen LogP contribution < -0.4 is 5.73 Å². The standard InChI is InChI=1S/C11H16N2OS/c1-8(2)15-7-9-4-3-5-10(6-9)11(12)13-14/h3-6,8,14H,7H2,1-2H3,(H2,12,13). The fourth-order valence-corrected chi connectivity index (χ4v) is 1.85. The molecule has 0 amide bonds. The van der Waals surface area contributed by atoms with Gasteiger partial charge in [0.15, 0.2) is 5.84 Å². The van der Waals surface area contributed by atoms with Gasteiger partial charge in [-0.1, -0.05) is 37.2 Å². The van der Waals surface area contributed by atoms with Crippen LogP contribution in [0.25, 0.3) is 0 Å². The molecule has 0 radical (unpaired) electrons.